The second-order valence-corrected chi connectivity index (χ2v) is 3.84. The first-order valence-electron chi connectivity index (χ1n) is 3.90. The molecule has 3 nitrogen and oxygen atoms in total. The van der Waals surface area contributed by atoms with Gasteiger partial charge < -0.3 is 10.5 Å². The van der Waals surface area contributed by atoms with Crippen LogP contribution in [0.2, 0.25) is 0 Å². The number of rotatable bonds is 0. The molecule has 13 heavy (non-hydrogen) atoms. The van der Waals surface area contributed by atoms with Gasteiger partial charge in [-0.2, -0.15) is 0 Å². The summed E-state index contributed by atoms with van der Waals surface area (Å²) in [6, 6.07) is 4.78. The minimum absolute atomic E-state index is 0.0475. The first kappa shape index (κ1) is 8.72. The van der Waals surface area contributed by atoms with Crippen molar-refractivity contribution >= 4 is 21.7 Å². The summed E-state index contributed by atoms with van der Waals surface area (Å²) in [4.78, 5) is 11.5. The molecule has 1 aliphatic heterocycles. The van der Waals surface area contributed by atoms with Crippen LogP contribution in [0.4, 0.5) is 0 Å². The Balaban J connectivity index is 2.50. The van der Waals surface area contributed by atoms with Crippen molar-refractivity contribution in [3.05, 3.63) is 28.2 Å². The SMILES string of the molecule is N[C@H]1COc2cc(Br)ccc2C1=O. The third kappa shape index (κ3) is 1.47. The van der Waals surface area contributed by atoms with Crippen LogP contribution >= 0.6 is 15.9 Å². The van der Waals surface area contributed by atoms with Gasteiger partial charge in [0.05, 0.1) is 5.56 Å². The maximum Gasteiger partial charge on any atom is 0.186 e. The van der Waals surface area contributed by atoms with Gasteiger partial charge in [0.25, 0.3) is 0 Å². The predicted octanol–water partition coefficient (Wildman–Crippen LogP) is 1.35. The Bertz CT molecular complexity index is 365. The number of halogens is 1. The lowest BCUT2D eigenvalue weighted by molar-refractivity contribution is 0.0899. The van der Waals surface area contributed by atoms with Crippen LogP contribution in [-0.4, -0.2) is 18.4 Å². The molecule has 0 spiro atoms. The lowest BCUT2D eigenvalue weighted by Gasteiger charge is -2.21. The van der Waals surface area contributed by atoms with E-state index >= 15 is 0 Å². The van der Waals surface area contributed by atoms with E-state index in [0.29, 0.717) is 11.3 Å². The number of hydrogen-bond donors (Lipinski definition) is 1. The van der Waals surface area contributed by atoms with Gasteiger partial charge in [-0.15, -0.1) is 0 Å². The van der Waals surface area contributed by atoms with Gasteiger partial charge in [0.15, 0.2) is 5.78 Å². The van der Waals surface area contributed by atoms with E-state index in [4.69, 9.17) is 10.5 Å². The number of ketones is 1. The first-order chi connectivity index (χ1) is 6.18. The average molecular weight is 242 g/mol. The summed E-state index contributed by atoms with van der Waals surface area (Å²) in [5, 5.41) is 0. The molecular formula is C9H8BrNO2. The molecule has 0 bridgehead atoms. The molecule has 0 saturated heterocycles. The maximum absolute atomic E-state index is 11.5. The Morgan fingerprint density at radius 3 is 3.08 bits per heavy atom. The van der Waals surface area contributed by atoms with Crippen LogP contribution in [-0.2, 0) is 0 Å². The van der Waals surface area contributed by atoms with Crippen molar-refractivity contribution in [2.24, 2.45) is 5.73 Å². The highest BCUT2D eigenvalue weighted by atomic mass is 79.9. The van der Waals surface area contributed by atoms with Gasteiger partial charge in [0.2, 0.25) is 0 Å². The number of carbonyl (C=O) groups is 1. The molecule has 2 rings (SSSR count). The van der Waals surface area contributed by atoms with E-state index in [2.05, 4.69) is 15.9 Å². The molecule has 1 aromatic carbocycles. The standard InChI is InChI=1S/C9H8BrNO2/c10-5-1-2-6-8(3-5)13-4-7(11)9(6)12/h1-3,7H,4,11H2/t7-/m0/s1. The summed E-state index contributed by atoms with van der Waals surface area (Å²) >= 11 is 3.30. The van der Waals surface area contributed by atoms with E-state index in [-0.39, 0.29) is 12.4 Å². The van der Waals surface area contributed by atoms with E-state index < -0.39 is 6.04 Å². The van der Waals surface area contributed by atoms with Crippen LogP contribution in [0.15, 0.2) is 22.7 Å². The summed E-state index contributed by atoms with van der Waals surface area (Å²) in [6.45, 7) is 0.266. The van der Waals surface area contributed by atoms with Crippen LogP contribution in [0.1, 0.15) is 10.4 Å². The highest BCUT2D eigenvalue weighted by Gasteiger charge is 2.25. The van der Waals surface area contributed by atoms with Gasteiger partial charge in [-0.1, -0.05) is 15.9 Å². The predicted molar refractivity (Wildman–Crippen MR) is 51.9 cm³/mol. The van der Waals surface area contributed by atoms with Crippen molar-refractivity contribution < 1.29 is 9.53 Å². The Kier molecular flexibility index (Phi) is 2.09. The van der Waals surface area contributed by atoms with Gasteiger partial charge in [-0.3, -0.25) is 4.79 Å². The third-order valence-electron chi connectivity index (χ3n) is 1.96. The fourth-order valence-electron chi connectivity index (χ4n) is 1.27. The van der Waals surface area contributed by atoms with Gasteiger partial charge >= 0.3 is 0 Å². The number of Topliss-reactive ketones (excluding diaryl/α,β-unsaturated/α-hetero) is 1. The van der Waals surface area contributed by atoms with Gasteiger partial charge in [-0.05, 0) is 18.2 Å². The van der Waals surface area contributed by atoms with E-state index in [1.807, 2.05) is 0 Å². The normalized spacial score (nSPS) is 20.8. The Hall–Kier alpha value is -0.870. The molecule has 1 atom stereocenters. The molecule has 68 valence electrons. The molecule has 0 amide bonds. The molecular weight excluding hydrogens is 234 g/mol. The smallest absolute Gasteiger partial charge is 0.186 e. The summed E-state index contributed by atoms with van der Waals surface area (Å²) in [7, 11) is 0. The van der Waals surface area contributed by atoms with Gasteiger partial charge in [0, 0.05) is 4.47 Å². The number of hydrogen-bond acceptors (Lipinski definition) is 3. The Morgan fingerprint density at radius 2 is 2.31 bits per heavy atom. The number of carbonyl (C=O) groups excluding carboxylic acids is 1. The zero-order valence-electron chi connectivity index (χ0n) is 6.79. The topological polar surface area (TPSA) is 52.3 Å². The fourth-order valence-corrected chi connectivity index (χ4v) is 1.61. The zero-order chi connectivity index (χ0) is 9.42. The quantitative estimate of drug-likeness (QED) is 0.747. The number of fused-ring (bicyclic) bond motifs is 1. The van der Waals surface area contributed by atoms with Crippen molar-refractivity contribution in [1.29, 1.82) is 0 Å². The average Bonchev–Trinajstić information content (AvgIpc) is 2.12. The lowest BCUT2D eigenvalue weighted by Crippen LogP contribution is -2.40. The molecule has 0 unspecified atom stereocenters. The molecule has 1 heterocycles. The summed E-state index contributed by atoms with van der Waals surface area (Å²) in [5.74, 6) is 0.565. The van der Waals surface area contributed by atoms with Crippen molar-refractivity contribution in [3.63, 3.8) is 0 Å². The molecule has 4 heteroatoms. The van der Waals surface area contributed by atoms with Crippen LogP contribution in [0.25, 0.3) is 0 Å². The highest BCUT2D eigenvalue weighted by Crippen LogP contribution is 2.27. The molecule has 1 aromatic rings. The zero-order valence-corrected chi connectivity index (χ0v) is 8.37. The highest BCUT2D eigenvalue weighted by molar-refractivity contribution is 9.10. The largest absolute Gasteiger partial charge is 0.491 e. The first-order valence-corrected chi connectivity index (χ1v) is 4.70. The van der Waals surface area contributed by atoms with Crippen LogP contribution < -0.4 is 10.5 Å². The summed E-state index contributed by atoms with van der Waals surface area (Å²) < 4.78 is 6.21. The molecule has 0 fully saturated rings. The number of ether oxygens (including phenoxy) is 1. The second kappa shape index (κ2) is 3.12. The molecule has 0 aromatic heterocycles. The van der Waals surface area contributed by atoms with Crippen molar-refractivity contribution in [1.82, 2.24) is 0 Å². The van der Waals surface area contributed by atoms with Crippen molar-refractivity contribution in [3.8, 4) is 5.75 Å². The second-order valence-electron chi connectivity index (χ2n) is 2.92. The van der Waals surface area contributed by atoms with E-state index in [1.165, 1.54) is 0 Å². The Labute approximate surface area is 84.0 Å². The van der Waals surface area contributed by atoms with Gasteiger partial charge in [-0.25, -0.2) is 0 Å². The van der Waals surface area contributed by atoms with E-state index in [1.54, 1.807) is 18.2 Å². The summed E-state index contributed by atoms with van der Waals surface area (Å²) in [5.41, 5.74) is 6.12. The third-order valence-corrected chi connectivity index (χ3v) is 2.46. The van der Waals surface area contributed by atoms with E-state index in [0.717, 1.165) is 4.47 Å². The monoisotopic (exact) mass is 241 g/mol. The minimum Gasteiger partial charge on any atom is -0.491 e. The molecule has 0 radical (unpaired) electrons. The van der Waals surface area contributed by atoms with Crippen molar-refractivity contribution in [2.45, 2.75) is 6.04 Å². The van der Waals surface area contributed by atoms with Crippen LogP contribution in [0.5, 0.6) is 5.75 Å². The molecule has 0 aliphatic carbocycles. The number of benzene rings is 1. The molecule has 1 aliphatic rings. The fraction of sp³-hybridized carbons (Fsp3) is 0.222. The van der Waals surface area contributed by atoms with Crippen LogP contribution in [0, 0.1) is 0 Å². The number of nitrogens with two attached hydrogens (primary N) is 1. The van der Waals surface area contributed by atoms with Crippen LogP contribution in [0.3, 0.4) is 0 Å². The lowest BCUT2D eigenvalue weighted by atomic mass is 10.0. The molecule has 2 N–H and O–H groups in total. The van der Waals surface area contributed by atoms with Crippen molar-refractivity contribution in [2.75, 3.05) is 6.61 Å². The Morgan fingerprint density at radius 1 is 1.54 bits per heavy atom. The minimum atomic E-state index is -0.520. The molecule has 0 saturated carbocycles. The van der Waals surface area contributed by atoms with Gasteiger partial charge in [0.1, 0.15) is 18.4 Å². The summed E-state index contributed by atoms with van der Waals surface area (Å²) in [6.07, 6.45) is 0. The maximum atomic E-state index is 11.5. The van der Waals surface area contributed by atoms with E-state index in [9.17, 15) is 4.79 Å².